The van der Waals surface area contributed by atoms with E-state index in [2.05, 4.69) is 4.98 Å². The molecule has 0 aliphatic rings. The topological polar surface area (TPSA) is 66.2 Å². The summed E-state index contributed by atoms with van der Waals surface area (Å²) >= 11 is 0. The van der Waals surface area contributed by atoms with Crippen LogP contribution in [-0.2, 0) is 0 Å². The zero-order chi connectivity index (χ0) is 14.5. The number of nitriles is 1. The van der Waals surface area contributed by atoms with Crippen LogP contribution >= 0.6 is 0 Å². The molecule has 0 aliphatic carbocycles. The van der Waals surface area contributed by atoms with E-state index in [9.17, 15) is 4.79 Å². The summed E-state index contributed by atoms with van der Waals surface area (Å²) in [7, 11) is 3.26. The Bertz CT molecular complexity index is 642. The molecule has 1 heterocycles. The highest BCUT2D eigenvalue weighted by Gasteiger charge is 2.14. The Hall–Kier alpha value is -2.87. The second-order valence-electron chi connectivity index (χ2n) is 4.11. The molecule has 100 valence electrons. The van der Waals surface area contributed by atoms with Gasteiger partial charge in [0, 0.05) is 18.9 Å². The van der Waals surface area contributed by atoms with E-state index in [0.29, 0.717) is 11.3 Å². The van der Waals surface area contributed by atoms with Gasteiger partial charge in [-0.05, 0) is 36.4 Å². The van der Waals surface area contributed by atoms with E-state index in [1.165, 1.54) is 11.1 Å². The molecule has 0 atom stereocenters. The van der Waals surface area contributed by atoms with Gasteiger partial charge in [-0.15, -0.1) is 0 Å². The maximum absolute atomic E-state index is 12.2. The Morgan fingerprint density at radius 3 is 2.45 bits per heavy atom. The first kappa shape index (κ1) is 13.6. The molecular weight excluding hydrogens is 254 g/mol. The monoisotopic (exact) mass is 267 g/mol. The van der Waals surface area contributed by atoms with E-state index < -0.39 is 0 Å². The zero-order valence-electron chi connectivity index (χ0n) is 11.2. The van der Waals surface area contributed by atoms with Crippen molar-refractivity contribution in [3.05, 3.63) is 53.9 Å². The van der Waals surface area contributed by atoms with Gasteiger partial charge in [-0.3, -0.25) is 4.79 Å². The number of rotatable bonds is 3. The number of hydrogen-bond donors (Lipinski definition) is 0. The van der Waals surface area contributed by atoms with E-state index in [1.807, 2.05) is 6.07 Å². The minimum atomic E-state index is -0.236. The predicted molar refractivity (Wildman–Crippen MR) is 74.7 cm³/mol. The Labute approximate surface area is 117 Å². The molecule has 1 amide bonds. The number of hydrogen-bond acceptors (Lipinski definition) is 4. The van der Waals surface area contributed by atoms with Gasteiger partial charge in [-0.25, -0.2) is 4.98 Å². The third kappa shape index (κ3) is 2.75. The fraction of sp³-hybridized carbons (Fsp3) is 0.133. The first-order valence-corrected chi connectivity index (χ1v) is 5.94. The summed E-state index contributed by atoms with van der Waals surface area (Å²) in [4.78, 5) is 17.7. The third-order valence-corrected chi connectivity index (χ3v) is 2.88. The molecule has 0 saturated carbocycles. The molecule has 0 saturated heterocycles. The summed E-state index contributed by atoms with van der Waals surface area (Å²) < 4.78 is 5.07. The van der Waals surface area contributed by atoms with Gasteiger partial charge in [0.25, 0.3) is 5.91 Å². The van der Waals surface area contributed by atoms with Crippen LogP contribution in [0.2, 0.25) is 0 Å². The second-order valence-corrected chi connectivity index (χ2v) is 4.11. The van der Waals surface area contributed by atoms with Gasteiger partial charge >= 0.3 is 0 Å². The predicted octanol–water partition coefficient (Wildman–Crippen LogP) is 2.24. The molecule has 0 unspecified atom stereocenters. The van der Waals surface area contributed by atoms with Crippen LogP contribution in [0, 0.1) is 11.3 Å². The number of pyridine rings is 1. The number of nitrogens with zero attached hydrogens (tertiary/aromatic N) is 3. The lowest BCUT2D eigenvalue weighted by Crippen LogP contribution is -2.26. The molecule has 0 fully saturated rings. The number of amides is 1. The molecule has 5 nitrogen and oxygen atoms in total. The number of benzene rings is 1. The van der Waals surface area contributed by atoms with Gasteiger partial charge in [0.2, 0.25) is 0 Å². The summed E-state index contributed by atoms with van der Waals surface area (Å²) in [6.45, 7) is 0. The highest BCUT2D eigenvalue weighted by molar-refractivity contribution is 6.04. The van der Waals surface area contributed by atoms with Crippen LogP contribution in [0.25, 0.3) is 0 Å². The fourth-order valence-corrected chi connectivity index (χ4v) is 1.68. The summed E-state index contributed by atoms with van der Waals surface area (Å²) in [6, 6.07) is 12.2. The molecule has 5 heteroatoms. The van der Waals surface area contributed by atoms with Crippen molar-refractivity contribution in [2.45, 2.75) is 0 Å². The molecule has 0 radical (unpaired) electrons. The van der Waals surface area contributed by atoms with Crippen molar-refractivity contribution in [3.8, 4) is 11.8 Å². The molecule has 20 heavy (non-hydrogen) atoms. The van der Waals surface area contributed by atoms with Crippen LogP contribution in [0.4, 0.5) is 5.69 Å². The van der Waals surface area contributed by atoms with Crippen LogP contribution in [0.3, 0.4) is 0 Å². The lowest BCUT2D eigenvalue weighted by Gasteiger charge is -2.17. The maximum Gasteiger partial charge on any atom is 0.276 e. The molecule has 0 N–H and O–H groups in total. The smallest absolute Gasteiger partial charge is 0.276 e. The molecule has 0 spiro atoms. The van der Waals surface area contributed by atoms with Crippen molar-refractivity contribution < 1.29 is 9.53 Å². The Morgan fingerprint density at radius 2 is 1.95 bits per heavy atom. The van der Waals surface area contributed by atoms with Crippen molar-refractivity contribution in [1.82, 2.24) is 4.98 Å². The van der Waals surface area contributed by atoms with Gasteiger partial charge < -0.3 is 9.64 Å². The van der Waals surface area contributed by atoms with E-state index in [-0.39, 0.29) is 5.91 Å². The normalized spacial score (nSPS) is 9.65. The van der Waals surface area contributed by atoms with Crippen molar-refractivity contribution in [2.75, 3.05) is 19.1 Å². The summed E-state index contributed by atoms with van der Waals surface area (Å²) in [5.74, 6) is 0.491. The SMILES string of the molecule is COc1ccc(N(C)C(=O)c2ccc(C#N)cn2)cc1. The first-order valence-electron chi connectivity index (χ1n) is 5.94. The molecule has 2 rings (SSSR count). The van der Waals surface area contributed by atoms with Gasteiger partial charge in [-0.2, -0.15) is 5.26 Å². The maximum atomic E-state index is 12.2. The highest BCUT2D eigenvalue weighted by atomic mass is 16.5. The van der Waals surface area contributed by atoms with Crippen molar-refractivity contribution in [1.29, 1.82) is 5.26 Å². The number of aromatic nitrogens is 1. The molecule has 1 aromatic heterocycles. The lowest BCUT2D eigenvalue weighted by molar-refractivity contribution is 0.0988. The Balaban J connectivity index is 2.20. The van der Waals surface area contributed by atoms with Gasteiger partial charge in [0.1, 0.15) is 17.5 Å². The van der Waals surface area contributed by atoms with Crippen LogP contribution < -0.4 is 9.64 Å². The molecule has 2 aromatic rings. The third-order valence-electron chi connectivity index (χ3n) is 2.88. The van der Waals surface area contributed by atoms with Crippen molar-refractivity contribution >= 4 is 11.6 Å². The average Bonchev–Trinajstić information content (AvgIpc) is 2.53. The summed E-state index contributed by atoms with van der Waals surface area (Å²) in [5, 5.41) is 8.71. The first-order chi connectivity index (χ1) is 9.65. The molecule has 0 bridgehead atoms. The van der Waals surface area contributed by atoms with Gasteiger partial charge in [-0.1, -0.05) is 0 Å². The van der Waals surface area contributed by atoms with Gasteiger partial charge in [0.15, 0.2) is 0 Å². The largest absolute Gasteiger partial charge is 0.497 e. The standard InChI is InChI=1S/C15H13N3O2/c1-18(12-4-6-13(20-2)7-5-12)15(19)14-8-3-11(9-16)10-17-14/h3-8,10H,1-2H3. The zero-order valence-corrected chi connectivity index (χ0v) is 11.2. The van der Waals surface area contributed by atoms with E-state index in [0.717, 1.165) is 11.4 Å². The van der Waals surface area contributed by atoms with Crippen LogP contribution in [0.15, 0.2) is 42.6 Å². The van der Waals surface area contributed by atoms with Crippen molar-refractivity contribution in [2.24, 2.45) is 0 Å². The average molecular weight is 267 g/mol. The second kappa shape index (κ2) is 5.85. The molecular formula is C15H13N3O2. The quantitative estimate of drug-likeness (QED) is 0.855. The molecule has 0 aliphatic heterocycles. The highest BCUT2D eigenvalue weighted by Crippen LogP contribution is 2.19. The lowest BCUT2D eigenvalue weighted by atomic mass is 10.2. The fourth-order valence-electron chi connectivity index (χ4n) is 1.68. The van der Waals surface area contributed by atoms with E-state index in [1.54, 1.807) is 50.6 Å². The van der Waals surface area contributed by atoms with Crippen LogP contribution in [-0.4, -0.2) is 25.0 Å². The minimum Gasteiger partial charge on any atom is -0.497 e. The number of carbonyl (C=O) groups excluding carboxylic acids is 1. The summed E-state index contributed by atoms with van der Waals surface area (Å²) in [5.41, 5.74) is 1.46. The number of methoxy groups -OCH3 is 1. The minimum absolute atomic E-state index is 0.236. The van der Waals surface area contributed by atoms with E-state index >= 15 is 0 Å². The van der Waals surface area contributed by atoms with E-state index in [4.69, 9.17) is 10.00 Å². The Morgan fingerprint density at radius 1 is 1.25 bits per heavy atom. The van der Waals surface area contributed by atoms with Crippen molar-refractivity contribution in [3.63, 3.8) is 0 Å². The number of ether oxygens (including phenoxy) is 1. The van der Waals surface area contributed by atoms with Crippen LogP contribution in [0.1, 0.15) is 16.1 Å². The van der Waals surface area contributed by atoms with Crippen LogP contribution in [0.5, 0.6) is 5.75 Å². The Kier molecular flexibility index (Phi) is 3.96. The molecule has 1 aromatic carbocycles. The number of anilines is 1. The van der Waals surface area contributed by atoms with Gasteiger partial charge in [0.05, 0.1) is 12.7 Å². The number of carbonyl (C=O) groups is 1. The summed E-state index contributed by atoms with van der Waals surface area (Å²) in [6.07, 6.45) is 1.38.